The van der Waals surface area contributed by atoms with Crippen LogP contribution in [0.2, 0.25) is 0 Å². The highest BCUT2D eigenvalue weighted by atomic mass is 16.3. The Morgan fingerprint density at radius 2 is 0.719 bits per heavy atom. The third-order valence-corrected chi connectivity index (χ3v) is 13.5. The van der Waals surface area contributed by atoms with E-state index in [0.717, 1.165) is 16.6 Å². The summed E-state index contributed by atoms with van der Waals surface area (Å²) >= 11 is 0. The van der Waals surface area contributed by atoms with Gasteiger partial charge in [0, 0.05) is 10.8 Å². The summed E-state index contributed by atoms with van der Waals surface area (Å²) in [7, 11) is 0. The summed E-state index contributed by atoms with van der Waals surface area (Å²) in [5.74, 6) is 0. The summed E-state index contributed by atoms with van der Waals surface area (Å²) in [5, 5.41) is 10.1. The van der Waals surface area contributed by atoms with Crippen LogP contribution in [0.5, 0.6) is 0 Å². The fraction of sp³-hybridized carbons (Fsp3) is 0.143. The van der Waals surface area contributed by atoms with Crippen LogP contribution in [0.15, 0.2) is 138 Å². The van der Waals surface area contributed by atoms with E-state index in [1.165, 1.54) is 127 Å². The smallest absolute Gasteiger partial charge is 0.136 e. The Bertz CT molecular complexity index is 3180. The van der Waals surface area contributed by atoms with Crippen LogP contribution in [0.3, 0.4) is 0 Å². The Labute approximate surface area is 335 Å². The van der Waals surface area contributed by atoms with Crippen LogP contribution in [-0.2, 0) is 0 Å². The molecule has 276 valence electrons. The Kier molecular flexibility index (Phi) is 8.03. The highest BCUT2D eigenvalue weighted by Gasteiger charge is 2.27. The number of aryl methyl sites for hydroxylation is 4. The predicted octanol–water partition coefficient (Wildman–Crippen LogP) is 16.2. The molecule has 1 heterocycles. The minimum absolute atomic E-state index is 0.923. The predicted molar refractivity (Wildman–Crippen MR) is 246 cm³/mol. The lowest BCUT2D eigenvalue weighted by Crippen LogP contribution is -2.03. The van der Waals surface area contributed by atoms with Crippen LogP contribution in [-0.4, -0.2) is 0 Å². The second kappa shape index (κ2) is 13.1. The summed E-state index contributed by atoms with van der Waals surface area (Å²) < 4.78 is 6.71. The van der Waals surface area contributed by atoms with Gasteiger partial charge >= 0.3 is 0 Å². The quantitative estimate of drug-likeness (QED) is 0.164. The van der Waals surface area contributed by atoms with Crippen molar-refractivity contribution in [2.24, 2.45) is 0 Å². The third kappa shape index (κ3) is 5.22. The number of fused-ring (bicyclic) bond motifs is 6. The molecule has 1 aromatic heterocycles. The molecule has 0 saturated carbocycles. The summed E-state index contributed by atoms with van der Waals surface area (Å²) in [5.41, 5.74) is 22.7. The fourth-order valence-electron chi connectivity index (χ4n) is 9.72. The van der Waals surface area contributed by atoms with E-state index >= 15 is 0 Å². The van der Waals surface area contributed by atoms with Gasteiger partial charge in [0.2, 0.25) is 0 Å². The normalized spacial score (nSPS) is 11.9. The zero-order valence-electron chi connectivity index (χ0n) is 34.1. The summed E-state index contributed by atoms with van der Waals surface area (Å²) in [6.45, 7) is 18.6. The van der Waals surface area contributed by atoms with Gasteiger partial charge in [0.15, 0.2) is 0 Å². The van der Waals surface area contributed by atoms with Gasteiger partial charge in [-0.3, -0.25) is 0 Å². The van der Waals surface area contributed by atoms with Gasteiger partial charge in [-0.15, -0.1) is 0 Å². The lowest BCUT2D eigenvalue weighted by molar-refractivity contribution is 0.669. The van der Waals surface area contributed by atoms with E-state index < -0.39 is 0 Å². The molecule has 57 heavy (non-hydrogen) atoms. The molecule has 1 nitrogen and oxygen atoms in total. The molecule has 10 aromatic rings. The SMILES string of the molecule is Cc1c(C)c(C)c2c(-c3cccc4oc5cc6ccccc6cc5c34)c3c(C)c(C)c(C)c(C)c3c(-c3ccc(-c4ccc(-c5ccccc5)cc4)cc3)c2c1C. The Morgan fingerprint density at radius 1 is 0.298 bits per heavy atom. The van der Waals surface area contributed by atoms with Crippen molar-refractivity contribution in [2.45, 2.75) is 55.4 Å². The van der Waals surface area contributed by atoms with Gasteiger partial charge in [0.25, 0.3) is 0 Å². The molecule has 1 heteroatoms. The molecule has 0 atom stereocenters. The van der Waals surface area contributed by atoms with Crippen molar-refractivity contribution >= 4 is 54.3 Å². The maximum atomic E-state index is 6.71. The Morgan fingerprint density at radius 3 is 1.23 bits per heavy atom. The molecule has 0 aliphatic heterocycles. The van der Waals surface area contributed by atoms with Crippen molar-refractivity contribution in [3.8, 4) is 44.5 Å². The first-order valence-corrected chi connectivity index (χ1v) is 20.2. The zero-order valence-corrected chi connectivity index (χ0v) is 34.1. The second-order valence-electron chi connectivity index (χ2n) is 16.2. The van der Waals surface area contributed by atoms with E-state index in [0.29, 0.717) is 0 Å². The van der Waals surface area contributed by atoms with E-state index in [2.05, 4.69) is 189 Å². The number of hydrogen-bond acceptors (Lipinski definition) is 1. The molecule has 0 aliphatic carbocycles. The third-order valence-electron chi connectivity index (χ3n) is 13.5. The number of rotatable bonds is 4. The molecule has 0 fully saturated rings. The van der Waals surface area contributed by atoms with Crippen LogP contribution in [0.4, 0.5) is 0 Å². The molecule has 0 N–H and O–H groups in total. The maximum absolute atomic E-state index is 6.71. The van der Waals surface area contributed by atoms with E-state index in [9.17, 15) is 0 Å². The molecule has 0 radical (unpaired) electrons. The lowest BCUT2D eigenvalue weighted by atomic mass is 9.76. The van der Waals surface area contributed by atoms with Gasteiger partial charge in [0.05, 0.1) is 0 Å². The van der Waals surface area contributed by atoms with Crippen molar-refractivity contribution in [1.29, 1.82) is 0 Å². The minimum Gasteiger partial charge on any atom is -0.456 e. The first kappa shape index (κ1) is 35.0. The van der Waals surface area contributed by atoms with Gasteiger partial charge in [-0.05, 0) is 195 Å². The van der Waals surface area contributed by atoms with Crippen LogP contribution < -0.4 is 0 Å². The van der Waals surface area contributed by atoms with Crippen molar-refractivity contribution < 1.29 is 4.42 Å². The number of benzene rings is 9. The standard InChI is InChI=1S/C56H46O/c1-31-33(3)37(7)52-50(35(31)5)54(43-27-25-42(26-28-43)41-23-21-40(22-24-41)39-15-10-9-11-16-39)51-36(6)32(2)34(4)38(8)53(51)56(52)46-19-14-20-48-55(46)47-29-44-17-12-13-18-45(44)30-49(47)57-48/h9-30H,1-8H3. The first-order valence-electron chi connectivity index (χ1n) is 20.2. The fourth-order valence-corrected chi connectivity index (χ4v) is 9.72. The van der Waals surface area contributed by atoms with Gasteiger partial charge in [-0.25, -0.2) is 0 Å². The molecule has 0 aliphatic rings. The first-order chi connectivity index (χ1) is 27.6. The summed E-state index contributed by atoms with van der Waals surface area (Å²) in [4.78, 5) is 0. The van der Waals surface area contributed by atoms with Gasteiger partial charge in [-0.1, -0.05) is 115 Å². The molecule has 0 bridgehead atoms. The highest BCUT2D eigenvalue weighted by Crippen LogP contribution is 2.52. The lowest BCUT2D eigenvalue weighted by Gasteiger charge is -2.27. The van der Waals surface area contributed by atoms with Crippen LogP contribution in [0.1, 0.15) is 44.5 Å². The van der Waals surface area contributed by atoms with Gasteiger partial charge in [-0.2, -0.15) is 0 Å². The monoisotopic (exact) mass is 734 g/mol. The van der Waals surface area contributed by atoms with E-state index in [1.54, 1.807) is 0 Å². The summed E-state index contributed by atoms with van der Waals surface area (Å²) in [6, 6.07) is 48.7. The molecular weight excluding hydrogens is 689 g/mol. The van der Waals surface area contributed by atoms with E-state index in [4.69, 9.17) is 4.42 Å². The molecule has 9 aromatic carbocycles. The largest absolute Gasteiger partial charge is 0.456 e. The molecular formula is C56H46O. The molecule has 10 rings (SSSR count). The van der Waals surface area contributed by atoms with E-state index in [1.807, 2.05) is 0 Å². The Balaban J connectivity index is 1.30. The van der Waals surface area contributed by atoms with Crippen LogP contribution >= 0.6 is 0 Å². The van der Waals surface area contributed by atoms with Crippen molar-refractivity contribution in [3.63, 3.8) is 0 Å². The molecule has 0 amide bonds. The van der Waals surface area contributed by atoms with Crippen LogP contribution in [0.25, 0.3) is 98.8 Å². The Hall–Kier alpha value is -6.44. The number of furan rings is 1. The minimum atomic E-state index is 0.923. The maximum Gasteiger partial charge on any atom is 0.136 e. The number of hydrogen-bond donors (Lipinski definition) is 0. The molecule has 0 saturated heterocycles. The highest BCUT2D eigenvalue weighted by molar-refractivity contribution is 6.29. The van der Waals surface area contributed by atoms with Gasteiger partial charge in [0.1, 0.15) is 11.2 Å². The van der Waals surface area contributed by atoms with Crippen molar-refractivity contribution in [2.75, 3.05) is 0 Å². The van der Waals surface area contributed by atoms with Crippen molar-refractivity contribution in [1.82, 2.24) is 0 Å². The average Bonchev–Trinajstić information content (AvgIpc) is 3.62. The second-order valence-corrected chi connectivity index (χ2v) is 16.2. The zero-order chi connectivity index (χ0) is 39.3. The average molecular weight is 735 g/mol. The van der Waals surface area contributed by atoms with E-state index in [-0.39, 0.29) is 0 Å². The molecule has 0 unspecified atom stereocenters. The van der Waals surface area contributed by atoms with Gasteiger partial charge < -0.3 is 4.42 Å². The van der Waals surface area contributed by atoms with Crippen molar-refractivity contribution in [3.05, 3.63) is 178 Å². The van der Waals surface area contributed by atoms with Crippen LogP contribution in [0, 0.1) is 55.4 Å². The topological polar surface area (TPSA) is 13.1 Å². The molecule has 0 spiro atoms. The summed E-state index contributed by atoms with van der Waals surface area (Å²) in [6.07, 6.45) is 0.